The summed E-state index contributed by atoms with van der Waals surface area (Å²) in [6.07, 6.45) is 3.24. The highest BCUT2D eigenvalue weighted by Crippen LogP contribution is 2.29. The molecule has 2 heteroatoms. The standard InChI is InChI=1S/C12H14N2/c13-10-12(8-4-5-9-14-12)11-6-2-1-3-7-11/h1-3,6-7,14H,4-5,8-9H2. The molecule has 0 spiro atoms. The van der Waals surface area contributed by atoms with Crippen LogP contribution in [0.5, 0.6) is 0 Å². The van der Waals surface area contributed by atoms with Crippen molar-refractivity contribution in [2.75, 3.05) is 6.54 Å². The van der Waals surface area contributed by atoms with Crippen molar-refractivity contribution in [3.8, 4) is 6.07 Å². The summed E-state index contributed by atoms with van der Waals surface area (Å²) in [4.78, 5) is 0. The lowest BCUT2D eigenvalue weighted by atomic mass is 9.84. The van der Waals surface area contributed by atoms with Gasteiger partial charge in [-0.2, -0.15) is 5.26 Å². The first-order chi connectivity index (χ1) is 6.87. The van der Waals surface area contributed by atoms with Gasteiger partial charge in [0.1, 0.15) is 5.54 Å². The van der Waals surface area contributed by atoms with Gasteiger partial charge in [-0.05, 0) is 31.4 Å². The zero-order valence-corrected chi connectivity index (χ0v) is 8.16. The van der Waals surface area contributed by atoms with Crippen LogP contribution in [0.4, 0.5) is 0 Å². The number of nitrogens with zero attached hydrogens (tertiary/aromatic N) is 1. The van der Waals surface area contributed by atoms with Crippen molar-refractivity contribution in [3.05, 3.63) is 35.9 Å². The van der Waals surface area contributed by atoms with Gasteiger partial charge in [0.15, 0.2) is 0 Å². The minimum Gasteiger partial charge on any atom is -0.296 e. The fourth-order valence-electron chi connectivity index (χ4n) is 2.03. The normalized spacial score (nSPS) is 26.8. The molecule has 1 aliphatic rings. The summed E-state index contributed by atoms with van der Waals surface area (Å²) >= 11 is 0. The summed E-state index contributed by atoms with van der Waals surface area (Å²) in [5, 5.41) is 12.6. The molecule has 1 unspecified atom stereocenters. The van der Waals surface area contributed by atoms with Crippen LogP contribution in [0.2, 0.25) is 0 Å². The van der Waals surface area contributed by atoms with Gasteiger partial charge in [0.25, 0.3) is 0 Å². The molecule has 1 aromatic rings. The summed E-state index contributed by atoms with van der Waals surface area (Å²) in [5.41, 5.74) is 0.668. The Hall–Kier alpha value is -1.33. The third-order valence-electron chi connectivity index (χ3n) is 2.86. The predicted octanol–water partition coefficient (Wildman–Crippen LogP) is 2.18. The van der Waals surface area contributed by atoms with E-state index in [4.69, 9.17) is 0 Å². The second-order valence-electron chi connectivity index (χ2n) is 3.77. The van der Waals surface area contributed by atoms with E-state index in [9.17, 15) is 5.26 Å². The maximum atomic E-state index is 9.28. The maximum Gasteiger partial charge on any atom is 0.132 e. The van der Waals surface area contributed by atoms with Crippen LogP contribution in [0.15, 0.2) is 30.3 Å². The summed E-state index contributed by atoms with van der Waals surface area (Å²) in [5.74, 6) is 0. The van der Waals surface area contributed by atoms with Crippen LogP contribution in [-0.2, 0) is 5.54 Å². The van der Waals surface area contributed by atoms with Crippen molar-refractivity contribution >= 4 is 0 Å². The molecule has 0 bridgehead atoms. The fourth-order valence-corrected chi connectivity index (χ4v) is 2.03. The highest BCUT2D eigenvalue weighted by atomic mass is 15.0. The molecule has 72 valence electrons. The Morgan fingerprint density at radius 2 is 2.00 bits per heavy atom. The lowest BCUT2D eigenvalue weighted by molar-refractivity contribution is 0.330. The van der Waals surface area contributed by atoms with Gasteiger partial charge in [-0.3, -0.25) is 5.32 Å². The number of hydrogen-bond donors (Lipinski definition) is 1. The van der Waals surface area contributed by atoms with E-state index in [0.29, 0.717) is 0 Å². The first-order valence-corrected chi connectivity index (χ1v) is 5.09. The molecule has 0 aliphatic carbocycles. The molecule has 14 heavy (non-hydrogen) atoms. The Bertz CT molecular complexity index is 331. The number of piperidine rings is 1. The Balaban J connectivity index is 2.33. The molecule has 0 aromatic heterocycles. The first-order valence-electron chi connectivity index (χ1n) is 5.09. The van der Waals surface area contributed by atoms with Crippen molar-refractivity contribution in [3.63, 3.8) is 0 Å². The Morgan fingerprint density at radius 3 is 2.57 bits per heavy atom. The highest BCUT2D eigenvalue weighted by molar-refractivity contribution is 5.31. The molecule has 1 aliphatic heterocycles. The van der Waals surface area contributed by atoms with Crippen LogP contribution in [0.1, 0.15) is 24.8 Å². The van der Waals surface area contributed by atoms with Gasteiger partial charge in [0.2, 0.25) is 0 Å². The molecular weight excluding hydrogens is 172 g/mol. The third-order valence-corrected chi connectivity index (χ3v) is 2.86. The lowest BCUT2D eigenvalue weighted by Gasteiger charge is -2.32. The predicted molar refractivity (Wildman–Crippen MR) is 55.6 cm³/mol. The molecule has 0 radical (unpaired) electrons. The zero-order valence-electron chi connectivity index (χ0n) is 8.16. The summed E-state index contributed by atoms with van der Waals surface area (Å²) in [6, 6.07) is 12.4. The number of nitrogens with one attached hydrogen (secondary N) is 1. The smallest absolute Gasteiger partial charge is 0.132 e. The van der Waals surface area contributed by atoms with Crippen molar-refractivity contribution < 1.29 is 0 Å². The average Bonchev–Trinajstić information content (AvgIpc) is 2.31. The van der Waals surface area contributed by atoms with Crippen LogP contribution in [0.25, 0.3) is 0 Å². The molecule has 1 saturated heterocycles. The topological polar surface area (TPSA) is 35.8 Å². The van der Waals surface area contributed by atoms with E-state index in [1.165, 1.54) is 6.42 Å². The van der Waals surface area contributed by atoms with E-state index >= 15 is 0 Å². The van der Waals surface area contributed by atoms with E-state index in [1.807, 2.05) is 30.3 Å². The second kappa shape index (κ2) is 3.81. The van der Waals surface area contributed by atoms with Gasteiger partial charge in [-0.25, -0.2) is 0 Å². The van der Waals surface area contributed by atoms with E-state index in [1.54, 1.807) is 0 Å². The largest absolute Gasteiger partial charge is 0.296 e. The Kier molecular flexibility index (Phi) is 2.51. The molecule has 1 aromatic carbocycles. The fraction of sp³-hybridized carbons (Fsp3) is 0.417. The van der Waals surface area contributed by atoms with Gasteiger partial charge >= 0.3 is 0 Å². The van der Waals surface area contributed by atoms with Crippen molar-refractivity contribution in [2.45, 2.75) is 24.8 Å². The van der Waals surface area contributed by atoms with E-state index in [-0.39, 0.29) is 0 Å². The molecule has 2 nitrogen and oxygen atoms in total. The molecule has 2 rings (SSSR count). The quantitative estimate of drug-likeness (QED) is 0.729. The minimum absolute atomic E-state index is 0.431. The van der Waals surface area contributed by atoms with Crippen LogP contribution in [0.3, 0.4) is 0 Å². The Labute approximate surface area is 84.6 Å². The van der Waals surface area contributed by atoms with Gasteiger partial charge in [-0.1, -0.05) is 30.3 Å². The number of benzene rings is 1. The molecule has 1 heterocycles. The summed E-state index contributed by atoms with van der Waals surface area (Å²) in [6.45, 7) is 0.947. The van der Waals surface area contributed by atoms with E-state index in [2.05, 4.69) is 11.4 Å². The molecule has 0 amide bonds. The van der Waals surface area contributed by atoms with Gasteiger partial charge in [0, 0.05) is 0 Å². The molecule has 1 atom stereocenters. The van der Waals surface area contributed by atoms with E-state index in [0.717, 1.165) is 24.9 Å². The van der Waals surface area contributed by atoms with E-state index < -0.39 is 5.54 Å². The molecule has 1 fully saturated rings. The number of rotatable bonds is 1. The lowest BCUT2D eigenvalue weighted by Crippen LogP contribution is -2.44. The van der Waals surface area contributed by atoms with Crippen LogP contribution < -0.4 is 5.32 Å². The van der Waals surface area contributed by atoms with Crippen LogP contribution >= 0.6 is 0 Å². The minimum atomic E-state index is -0.431. The third kappa shape index (κ3) is 1.51. The molecule has 0 saturated carbocycles. The SMILES string of the molecule is N#CC1(c2ccccc2)CCCCN1. The van der Waals surface area contributed by atoms with Crippen molar-refractivity contribution in [1.29, 1.82) is 5.26 Å². The Morgan fingerprint density at radius 1 is 1.21 bits per heavy atom. The zero-order chi connectivity index (χ0) is 9.86. The molecule has 1 N–H and O–H groups in total. The number of nitriles is 1. The molecular formula is C12H14N2. The van der Waals surface area contributed by atoms with Crippen LogP contribution in [0, 0.1) is 11.3 Å². The van der Waals surface area contributed by atoms with Gasteiger partial charge in [0.05, 0.1) is 6.07 Å². The van der Waals surface area contributed by atoms with Crippen molar-refractivity contribution in [2.24, 2.45) is 0 Å². The monoisotopic (exact) mass is 186 g/mol. The summed E-state index contributed by atoms with van der Waals surface area (Å²) < 4.78 is 0. The average molecular weight is 186 g/mol. The second-order valence-corrected chi connectivity index (χ2v) is 3.77. The van der Waals surface area contributed by atoms with Gasteiger partial charge in [-0.15, -0.1) is 0 Å². The highest BCUT2D eigenvalue weighted by Gasteiger charge is 2.33. The van der Waals surface area contributed by atoms with Crippen LogP contribution in [-0.4, -0.2) is 6.54 Å². The number of hydrogen-bond acceptors (Lipinski definition) is 2. The van der Waals surface area contributed by atoms with Gasteiger partial charge < -0.3 is 0 Å². The van der Waals surface area contributed by atoms with Crippen molar-refractivity contribution in [1.82, 2.24) is 5.32 Å². The maximum absolute atomic E-state index is 9.28. The summed E-state index contributed by atoms with van der Waals surface area (Å²) in [7, 11) is 0. The first kappa shape index (κ1) is 9.23.